The van der Waals surface area contributed by atoms with Crippen molar-refractivity contribution < 1.29 is 22.7 Å². The van der Waals surface area contributed by atoms with Crippen molar-refractivity contribution in [3.05, 3.63) is 30.3 Å². The number of rotatable bonds is 7. The highest BCUT2D eigenvalue weighted by atomic mass is 32.2. The molecule has 0 saturated heterocycles. The number of amides is 1. The molecule has 0 spiro atoms. The summed E-state index contributed by atoms with van der Waals surface area (Å²) in [5.41, 5.74) is 0.510. The van der Waals surface area contributed by atoms with Gasteiger partial charge < -0.3 is 14.8 Å². The second kappa shape index (κ2) is 7.79. The molecule has 0 aliphatic carbocycles. The fraction of sp³-hybridized carbons (Fsp3) is 0.267. The molecule has 0 saturated carbocycles. The Morgan fingerprint density at radius 3 is 2.36 bits per heavy atom. The lowest BCUT2D eigenvalue weighted by Gasteiger charge is -2.10. The van der Waals surface area contributed by atoms with E-state index in [4.69, 9.17) is 9.47 Å². The zero-order valence-electron chi connectivity index (χ0n) is 13.9. The highest BCUT2D eigenvalue weighted by molar-refractivity contribution is 7.92. The number of anilines is 2. The zero-order valence-corrected chi connectivity index (χ0v) is 14.8. The molecule has 0 atom stereocenters. The number of sulfonamides is 1. The smallest absolute Gasteiger partial charge is 0.321 e. The fourth-order valence-electron chi connectivity index (χ4n) is 1.82. The molecule has 0 bridgehead atoms. The van der Waals surface area contributed by atoms with E-state index in [0.717, 1.165) is 0 Å². The molecule has 2 N–H and O–H groups in total. The first-order valence-corrected chi connectivity index (χ1v) is 8.76. The average Bonchev–Trinajstić information content (AvgIpc) is 2.61. The van der Waals surface area contributed by atoms with Gasteiger partial charge in [-0.3, -0.25) is 9.52 Å². The fourth-order valence-corrected chi connectivity index (χ4v) is 2.81. The first-order valence-electron chi connectivity index (χ1n) is 7.27. The number of carbonyl (C=O) groups is 1. The van der Waals surface area contributed by atoms with Crippen molar-refractivity contribution in [3.8, 4) is 11.9 Å². The van der Waals surface area contributed by atoms with E-state index < -0.39 is 10.0 Å². The first kappa shape index (κ1) is 18.5. The van der Waals surface area contributed by atoms with E-state index in [-0.39, 0.29) is 28.5 Å². The predicted octanol–water partition coefficient (Wildman–Crippen LogP) is 1.64. The molecular weight excluding hydrogens is 348 g/mol. The molecule has 0 aliphatic heterocycles. The third kappa shape index (κ3) is 4.80. The molecule has 134 valence electrons. The van der Waals surface area contributed by atoms with E-state index in [0.29, 0.717) is 12.1 Å². The maximum absolute atomic E-state index is 12.5. The molecule has 2 rings (SSSR count). The predicted molar refractivity (Wildman–Crippen MR) is 91.3 cm³/mol. The highest BCUT2D eigenvalue weighted by Crippen LogP contribution is 2.21. The number of nitrogens with zero attached hydrogens (tertiary/aromatic N) is 2. The largest absolute Gasteiger partial charge is 0.481 e. The minimum Gasteiger partial charge on any atom is -0.481 e. The summed E-state index contributed by atoms with van der Waals surface area (Å²) in [6.45, 7) is 1.72. The molecule has 0 unspecified atom stereocenters. The van der Waals surface area contributed by atoms with Gasteiger partial charge in [-0.2, -0.15) is 9.97 Å². The molecule has 1 aromatic carbocycles. The Labute approximate surface area is 145 Å². The van der Waals surface area contributed by atoms with Crippen molar-refractivity contribution in [2.24, 2.45) is 0 Å². The monoisotopic (exact) mass is 366 g/mol. The lowest BCUT2D eigenvalue weighted by Crippen LogP contribution is -2.15. The van der Waals surface area contributed by atoms with E-state index in [2.05, 4.69) is 20.0 Å². The molecule has 9 nitrogen and oxygen atoms in total. The van der Waals surface area contributed by atoms with Crippen LogP contribution in [0.4, 0.5) is 11.5 Å². The molecular formula is C15H18N4O5S. The van der Waals surface area contributed by atoms with Crippen LogP contribution in [0.5, 0.6) is 11.9 Å². The summed E-state index contributed by atoms with van der Waals surface area (Å²) in [5.74, 6) is 0.00291. The summed E-state index contributed by atoms with van der Waals surface area (Å²) in [7, 11) is -1.13. The minimum atomic E-state index is -3.88. The van der Waals surface area contributed by atoms with Crippen molar-refractivity contribution in [1.82, 2.24) is 9.97 Å². The quantitative estimate of drug-likeness (QED) is 0.764. The Kier molecular flexibility index (Phi) is 5.75. The Morgan fingerprint density at radius 1 is 1.12 bits per heavy atom. The lowest BCUT2D eigenvalue weighted by atomic mass is 10.3. The van der Waals surface area contributed by atoms with Crippen LogP contribution >= 0.6 is 0 Å². The summed E-state index contributed by atoms with van der Waals surface area (Å²) in [5, 5.41) is 2.64. The molecule has 0 fully saturated rings. The van der Waals surface area contributed by atoms with Crippen molar-refractivity contribution >= 4 is 27.4 Å². The van der Waals surface area contributed by atoms with E-state index in [1.165, 1.54) is 44.6 Å². The molecule has 1 aromatic heterocycles. The number of methoxy groups -OCH3 is 2. The van der Waals surface area contributed by atoms with Crippen LogP contribution in [0.25, 0.3) is 0 Å². The first-order chi connectivity index (χ1) is 11.9. The average molecular weight is 366 g/mol. The SMILES string of the molecule is CCC(=O)Nc1ccc(S(=O)(=O)Nc2cc(OC)nc(OC)n2)cc1. The summed E-state index contributed by atoms with van der Waals surface area (Å²) in [6.07, 6.45) is 0.332. The molecule has 1 heterocycles. The Morgan fingerprint density at radius 2 is 1.80 bits per heavy atom. The van der Waals surface area contributed by atoms with Crippen LogP contribution in [0.15, 0.2) is 35.2 Å². The lowest BCUT2D eigenvalue weighted by molar-refractivity contribution is -0.115. The summed E-state index contributed by atoms with van der Waals surface area (Å²) in [4.78, 5) is 19.2. The Bertz CT molecular complexity index is 830. The van der Waals surface area contributed by atoms with Crippen molar-refractivity contribution in [3.63, 3.8) is 0 Å². The topological polar surface area (TPSA) is 120 Å². The van der Waals surface area contributed by atoms with Crippen LogP contribution in [0.1, 0.15) is 13.3 Å². The maximum Gasteiger partial charge on any atom is 0.321 e. The number of ether oxygens (including phenoxy) is 2. The molecule has 2 aromatic rings. The second-order valence-corrected chi connectivity index (χ2v) is 6.50. The minimum absolute atomic E-state index is 0.00654. The van der Waals surface area contributed by atoms with Gasteiger partial charge in [0.15, 0.2) is 5.82 Å². The summed E-state index contributed by atoms with van der Waals surface area (Å²) in [6, 6.07) is 7.06. The standard InChI is InChI=1S/C15H18N4O5S/c1-4-13(20)16-10-5-7-11(8-6-10)25(21,22)19-12-9-14(23-2)18-15(17-12)24-3/h5-9H,4H2,1-3H3,(H,16,20)(H,17,18,19). The number of hydrogen-bond acceptors (Lipinski definition) is 7. The van der Waals surface area contributed by atoms with Crippen LogP contribution in [0.3, 0.4) is 0 Å². The van der Waals surface area contributed by atoms with Gasteiger partial charge in [-0.25, -0.2) is 8.42 Å². The molecule has 1 amide bonds. The zero-order chi connectivity index (χ0) is 18.4. The van der Waals surface area contributed by atoms with Crippen LogP contribution < -0.4 is 19.5 Å². The number of benzene rings is 1. The third-order valence-corrected chi connectivity index (χ3v) is 4.45. The van der Waals surface area contributed by atoms with Gasteiger partial charge in [0.1, 0.15) is 0 Å². The molecule has 10 heteroatoms. The van der Waals surface area contributed by atoms with Gasteiger partial charge in [0.05, 0.1) is 19.1 Å². The van der Waals surface area contributed by atoms with Gasteiger partial charge >= 0.3 is 6.01 Å². The van der Waals surface area contributed by atoms with Crippen molar-refractivity contribution in [2.75, 3.05) is 24.3 Å². The summed E-state index contributed by atoms with van der Waals surface area (Å²) < 4.78 is 37.1. The van der Waals surface area contributed by atoms with Crippen LogP contribution in [-0.2, 0) is 14.8 Å². The van der Waals surface area contributed by atoms with E-state index >= 15 is 0 Å². The molecule has 25 heavy (non-hydrogen) atoms. The van der Waals surface area contributed by atoms with Gasteiger partial charge in [-0.05, 0) is 24.3 Å². The number of hydrogen-bond donors (Lipinski definition) is 2. The molecule has 0 radical (unpaired) electrons. The van der Waals surface area contributed by atoms with Crippen LogP contribution in [0, 0.1) is 0 Å². The van der Waals surface area contributed by atoms with E-state index in [1.807, 2.05) is 0 Å². The van der Waals surface area contributed by atoms with Crippen LogP contribution in [0.2, 0.25) is 0 Å². The summed E-state index contributed by atoms with van der Waals surface area (Å²) >= 11 is 0. The van der Waals surface area contributed by atoms with Crippen molar-refractivity contribution in [2.45, 2.75) is 18.2 Å². The van der Waals surface area contributed by atoms with Gasteiger partial charge in [-0.1, -0.05) is 6.92 Å². The van der Waals surface area contributed by atoms with E-state index in [1.54, 1.807) is 6.92 Å². The van der Waals surface area contributed by atoms with E-state index in [9.17, 15) is 13.2 Å². The number of nitrogens with one attached hydrogen (secondary N) is 2. The highest BCUT2D eigenvalue weighted by Gasteiger charge is 2.17. The molecule has 0 aliphatic rings. The van der Waals surface area contributed by atoms with Crippen molar-refractivity contribution in [1.29, 1.82) is 0 Å². The number of aromatic nitrogens is 2. The van der Waals surface area contributed by atoms with Crippen LogP contribution in [-0.4, -0.2) is 38.5 Å². The van der Waals surface area contributed by atoms with Gasteiger partial charge in [0.25, 0.3) is 10.0 Å². The van der Waals surface area contributed by atoms with Gasteiger partial charge in [-0.15, -0.1) is 0 Å². The number of carbonyl (C=O) groups excluding carboxylic acids is 1. The maximum atomic E-state index is 12.5. The van der Waals surface area contributed by atoms with Gasteiger partial charge in [0.2, 0.25) is 11.8 Å². The third-order valence-electron chi connectivity index (χ3n) is 3.08. The van der Waals surface area contributed by atoms with Gasteiger partial charge in [0, 0.05) is 18.2 Å². The second-order valence-electron chi connectivity index (χ2n) is 4.81. The normalized spacial score (nSPS) is 10.8. The Balaban J connectivity index is 2.23. The Hall–Kier alpha value is -2.88.